The Kier molecular flexibility index (Phi) is 6.44. The van der Waals surface area contributed by atoms with Gasteiger partial charge in [0.25, 0.3) is 0 Å². The van der Waals surface area contributed by atoms with E-state index >= 15 is 0 Å². The summed E-state index contributed by atoms with van der Waals surface area (Å²) in [4.78, 5) is 0. The smallest absolute Gasteiger partial charge is 0.118 e. The van der Waals surface area contributed by atoms with Crippen molar-refractivity contribution in [3.05, 3.63) is 107 Å². The average molecular weight is 360 g/mol. The molecule has 0 spiro atoms. The van der Waals surface area contributed by atoms with Crippen LogP contribution in [0.4, 0.5) is 0 Å². The standard InChI is InChI=1S/C25H29NO/c1-20-11-9-10-12-22(20)17-18-26-19-21(2)25(27,23-13-5-3-6-14-23)24-15-7-4-8-16-24/h3-16,21,26-27H,17-19H2,1-2H3. The Hall–Kier alpha value is -2.42. The van der Waals surface area contributed by atoms with Crippen LogP contribution in [0.1, 0.15) is 29.2 Å². The van der Waals surface area contributed by atoms with Crippen molar-refractivity contribution in [2.24, 2.45) is 5.92 Å². The lowest BCUT2D eigenvalue weighted by Gasteiger charge is -2.35. The molecule has 0 saturated carbocycles. The van der Waals surface area contributed by atoms with Gasteiger partial charge in [0.1, 0.15) is 5.60 Å². The first kappa shape index (κ1) is 19.3. The Bertz CT molecular complexity index is 790. The van der Waals surface area contributed by atoms with Crippen LogP contribution < -0.4 is 5.32 Å². The van der Waals surface area contributed by atoms with E-state index in [-0.39, 0.29) is 5.92 Å². The summed E-state index contributed by atoms with van der Waals surface area (Å²) < 4.78 is 0. The normalized spacial score (nSPS) is 12.7. The van der Waals surface area contributed by atoms with Crippen molar-refractivity contribution in [1.29, 1.82) is 0 Å². The van der Waals surface area contributed by atoms with Gasteiger partial charge in [-0.25, -0.2) is 0 Å². The van der Waals surface area contributed by atoms with E-state index in [0.717, 1.165) is 30.6 Å². The van der Waals surface area contributed by atoms with Crippen LogP contribution in [0, 0.1) is 12.8 Å². The molecule has 0 saturated heterocycles. The number of hydrogen-bond donors (Lipinski definition) is 2. The van der Waals surface area contributed by atoms with Gasteiger partial charge >= 0.3 is 0 Å². The molecule has 2 nitrogen and oxygen atoms in total. The Morgan fingerprint density at radius 2 is 1.33 bits per heavy atom. The maximum atomic E-state index is 11.7. The fourth-order valence-corrected chi connectivity index (χ4v) is 3.70. The third-order valence-electron chi connectivity index (χ3n) is 5.42. The molecular weight excluding hydrogens is 330 g/mol. The van der Waals surface area contributed by atoms with E-state index in [4.69, 9.17) is 0 Å². The summed E-state index contributed by atoms with van der Waals surface area (Å²) in [6.07, 6.45) is 0.995. The summed E-state index contributed by atoms with van der Waals surface area (Å²) in [5.41, 5.74) is 3.56. The number of nitrogens with one attached hydrogen (secondary N) is 1. The predicted octanol–water partition coefficient (Wildman–Crippen LogP) is 4.70. The number of benzene rings is 3. The van der Waals surface area contributed by atoms with Crippen molar-refractivity contribution in [3.63, 3.8) is 0 Å². The second kappa shape index (κ2) is 8.98. The molecule has 2 heteroatoms. The van der Waals surface area contributed by atoms with Crippen molar-refractivity contribution < 1.29 is 5.11 Å². The van der Waals surface area contributed by atoms with Gasteiger partial charge in [0.15, 0.2) is 0 Å². The molecule has 140 valence electrons. The third-order valence-corrected chi connectivity index (χ3v) is 5.42. The van der Waals surface area contributed by atoms with Crippen LogP contribution in [-0.4, -0.2) is 18.2 Å². The first-order valence-corrected chi connectivity index (χ1v) is 9.71. The van der Waals surface area contributed by atoms with Crippen molar-refractivity contribution in [1.82, 2.24) is 5.32 Å². The topological polar surface area (TPSA) is 32.3 Å². The van der Waals surface area contributed by atoms with Crippen LogP contribution >= 0.6 is 0 Å². The van der Waals surface area contributed by atoms with Crippen molar-refractivity contribution >= 4 is 0 Å². The van der Waals surface area contributed by atoms with E-state index in [9.17, 15) is 5.11 Å². The van der Waals surface area contributed by atoms with Crippen molar-refractivity contribution in [3.8, 4) is 0 Å². The zero-order valence-electron chi connectivity index (χ0n) is 16.2. The van der Waals surface area contributed by atoms with E-state index in [0.29, 0.717) is 0 Å². The second-order valence-corrected chi connectivity index (χ2v) is 7.28. The zero-order valence-corrected chi connectivity index (χ0v) is 16.2. The number of rotatable bonds is 8. The number of hydrogen-bond acceptors (Lipinski definition) is 2. The van der Waals surface area contributed by atoms with Crippen LogP contribution in [0.2, 0.25) is 0 Å². The molecule has 0 amide bonds. The summed E-state index contributed by atoms with van der Waals surface area (Å²) >= 11 is 0. The number of aliphatic hydroxyl groups is 1. The van der Waals surface area contributed by atoms with Crippen LogP contribution in [0.25, 0.3) is 0 Å². The Morgan fingerprint density at radius 1 is 0.815 bits per heavy atom. The lowest BCUT2D eigenvalue weighted by molar-refractivity contribution is 0.0242. The Balaban J connectivity index is 1.71. The fourth-order valence-electron chi connectivity index (χ4n) is 3.70. The van der Waals surface area contributed by atoms with Gasteiger partial charge in [0, 0.05) is 12.5 Å². The fraction of sp³-hybridized carbons (Fsp3) is 0.280. The molecule has 0 aliphatic rings. The van der Waals surface area contributed by atoms with E-state index in [1.165, 1.54) is 11.1 Å². The van der Waals surface area contributed by atoms with Gasteiger partial charge in [0.05, 0.1) is 0 Å². The van der Waals surface area contributed by atoms with Crippen molar-refractivity contribution in [2.75, 3.05) is 13.1 Å². The molecule has 0 fully saturated rings. The highest BCUT2D eigenvalue weighted by molar-refractivity contribution is 5.36. The van der Waals surface area contributed by atoms with Crippen LogP contribution in [0.15, 0.2) is 84.9 Å². The van der Waals surface area contributed by atoms with Gasteiger partial charge in [-0.15, -0.1) is 0 Å². The summed E-state index contributed by atoms with van der Waals surface area (Å²) in [5, 5.41) is 15.3. The molecule has 0 bridgehead atoms. The minimum absolute atomic E-state index is 0.0270. The monoisotopic (exact) mass is 359 g/mol. The quantitative estimate of drug-likeness (QED) is 0.572. The highest BCUT2D eigenvalue weighted by atomic mass is 16.3. The lowest BCUT2D eigenvalue weighted by atomic mass is 9.77. The average Bonchev–Trinajstić information content (AvgIpc) is 2.73. The molecule has 0 aliphatic carbocycles. The maximum absolute atomic E-state index is 11.7. The summed E-state index contributed by atoms with van der Waals surface area (Å²) in [7, 11) is 0. The van der Waals surface area contributed by atoms with Crippen LogP contribution in [0.3, 0.4) is 0 Å². The SMILES string of the molecule is Cc1ccccc1CCNCC(C)C(O)(c1ccccc1)c1ccccc1. The molecular formula is C25H29NO. The van der Waals surface area contributed by atoms with E-state index < -0.39 is 5.60 Å². The van der Waals surface area contributed by atoms with Gasteiger partial charge in [-0.2, -0.15) is 0 Å². The highest BCUT2D eigenvalue weighted by Crippen LogP contribution is 2.36. The molecule has 2 N–H and O–H groups in total. The molecule has 0 radical (unpaired) electrons. The molecule has 3 aromatic carbocycles. The molecule has 3 rings (SSSR count). The molecule has 0 aromatic heterocycles. The van der Waals surface area contributed by atoms with Crippen LogP contribution in [0.5, 0.6) is 0 Å². The summed E-state index contributed by atoms with van der Waals surface area (Å²) in [6.45, 7) is 5.91. The van der Waals surface area contributed by atoms with E-state index in [1.54, 1.807) is 0 Å². The Labute approximate surface area is 162 Å². The first-order chi connectivity index (χ1) is 13.1. The van der Waals surface area contributed by atoms with Crippen LogP contribution in [-0.2, 0) is 12.0 Å². The molecule has 27 heavy (non-hydrogen) atoms. The molecule has 0 heterocycles. The van der Waals surface area contributed by atoms with Gasteiger partial charge in [-0.3, -0.25) is 0 Å². The summed E-state index contributed by atoms with van der Waals surface area (Å²) in [6, 6.07) is 28.5. The minimum atomic E-state index is -1.02. The third kappa shape index (κ3) is 4.47. The zero-order chi connectivity index (χ0) is 19.1. The highest BCUT2D eigenvalue weighted by Gasteiger charge is 2.37. The second-order valence-electron chi connectivity index (χ2n) is 7.28. The van der Waals surface area contributed by atoms with E-state index in [2.05, 4.69) is 43.4 Å². The van der Waals surface area contributed by atoms with Gasteiger partial charge < -0.3 is 10.4 Å². The Morgan fingerprint density at radius 3 is 1.89 bits per heavy atom. The minimum Gasteiger partial charge on any atom is -0.380 e. The number of aryl methyl sites for hydroxylation is 1. The first-order valence-electron chi connectivity index (χ1n) is 9.71. The van der Waals surface area contributed by atoms with Gasteiger partial charge in [0.2, 0.25) is 0 Å². The van der Waals surface area contributed by atoms with E-state index in [1.807, 2.05) is 60.7 Å². The largest absolute Gasteiger partial charge is 0.380 e. The van der Waals surface area contributed by atoms with Crippen molar-refractivity contribution in [2.45, 2.75) is 25.9 Å². The molecule has 0 aliphatic heterocycles. The molecule has 1 unspecified atom stereocenters. The predicted molar refractivity (Wildman–Crippen MR) is 113 cm³/mol. The molecule has 1 atom stereocenters. The lowest BCUT2D eigenvalue weighted by Crippen LogP contribution is -2.40. The summed E-state index contributed by atoms with van der Waals surface area (Å²) in [5.74, 6) is 0.0270. The molecule has 3 aromatic rings. The maximum Gasteiger partial charge on any atom is 0.118 e. The van der Waals surface area contributed by atoms with Gasteiger partial charge in [-0.1, -0.05) is 91.9 Å². The van der Waals surface area contributed by atoms with Gasteiger partial charge in [-0.05, 0) is 42.1 Å².